The molecule has 2 rings (SSSR count). The van der Waals surface area contributed by atoms with Gasteiger partial charge in [-0.1, -0.05) is 0 Å². The van der Waals surface area contributed by atoms with Crippen LogP contribution < -0.4 is 5.73 Å². The maximum absolute atomic E-state index is 12.0. The zero-order valence-corrected chi connectivity index (χ0v) is 11.5. The van der Waals surface area contributed by atoms with Gasteiger partial charge in [-0.15, -0.1) is 0 Å². The summed E-state index contributed by atoms with van der Waals surface area (Å²) in [7, 11) is 0. The molecule has 5 heteroatoms. The Morgan fingerprint density at radius 2 is 2.17 bits per heavy atom. The van der Waals surface area contributed by atoms with Crippen molar-refractivity contribution >= 4 is 6.09 Å². The molecule has 0 aromatic carbocycles. The van der Waals surface area contributed by atoms with Crippen molar-refractivity contribution in [3.63, 3.8) is 0 Å². The topological polar surface area (TPSA) is 64.8 Å². The highest BCUT2D eigenvalue weighted by atomic mass is 16.6. The van der Waals surface area contributed by atoms with Gasteiger partial charge in [-0.2, -0.15) is 0 Å². The van der Waals surface area contributed by atoms with Crippen LogP contribution in [0.25, 0.3) is 0 Å². The molecule has 2 aliphatic heterocycles. The Morgan fingerprint density at radius 3 is 2.83 bits per heavy atom. The first-order valence-corrected chi connectivity index (χ1v) is 6.70. The highest BCUT2D eigenvalue weighted by molar-refractivity contribution is 5.68. The molecule has 5 nitrogen and oxygen atoms in total. The van der Waals surface area contributed by atoms with Gasteiger partial charge >= 0.3 is 6.09 Å². The molecule has 18 heavy (non-hydrogen) atoms. The molecule has 0 aliphatic carbocycles. The highest BCUT2D eigenvalue weighted by Crippen LogP contribution is 2.29. The van der Waals surface area contributed by atoms with Crippen molar-refractivity contribution in [3.05, 3.63) is 0 Å². The van der Waals surface area contributed by atoms with E-state index in [-0.39, 0.29) is 18.2 Å². The average molecular weight is 256 g/mol. The normalized spacial score (nSPS) is 32.9. The van der Waals surface area contributed by atoms with Gasteiger partial charge in [-0.3, -0.25) is 0 Å². The second-order valence-corrected chi connectivity index (χ2v) is 6.34. The third-order valence-corrected chi connectivity index (χ3v) is 3.48. The molecule has 2 N–H and O–H groups in total. The molecular formula is C13H24N2O3. The molecule has 2 fully saturated rings. The number of fused-ring (bicyclic) bond motifs is 1. The summed E-state index contributed by atoms with van der Waals surface area (Å²) in [6.45, 7) is 7.62. The Labute approximate surface area is 109 Å². The second kappa shape index (κ2) is 5.05. The van der Waals surface area contributed by atoms with Crippen LogP contribution >= 0.6 is 0 Å². The molecule has 0 aromatic rings. The molecule has 0 saturated carbocycles. The van der Waals surface area contributed by atoms with Gasteiger partial charge in [0.05, 0.1) is 19.3 Å². The lowest BCUT2D eigenvalue weighted by molar-refractivity contribution is -0.0785. The zero-order chi connectivity index (χ0) is 13.3. The van der Waals surface area contributed by atoms with Crippen molar-refractivity contribution in [2.75, 3.05) is 19.7 Å². The minimum absolute atomic E-state index is 0.131. The van der Waals surface area contributed by atoms with E-state index in [1.165, 1.54) is 0 Å². The van der Waals surface area contributed by atoms with Crippen molar-refractivity contribution in [1.29, 1.82) is 0 Å². The number of amides is 1. The minimum atomic E-state index is -0.441. The Morgan fingerprint density at radius 1 is 1.44 bits per heavy atom. The number of hydrogen-bond acceptors (Lipinski definition) is 4. The molecule has 0 aromatic heterocycles. The maximum Gasteiger partial charge on any atom is 0.410 e. The highest BCUT2D eigenvalue weighted by Gasteiger charge is 2.37. The summed E-state index contributed by atoms with van der Waals surface area (Å²) in [4.78, 5) is 13.7. The van der Waals surface area contributed by atoms with E-state index in [1.807, 2.05) is 20.8 Å². The Bertz CT molecular complexity index is 314. The molecular weight excluding hydrogens is 232 g/mol. The van der Waals surface area contributed by atoms with Gasteiger partial charge in [0.2, 0.25) is 0 Å². The lowest BCUT2D eigenvalue weighted by Gasteiger charge is -2.42. The van der Waals surface area contributed by atoms with E-state index in [4.69, 9.17) is 15.2 Å². The monoisotopic (exact) mass is 256 g/mol. The Balaban J connectivity index is 1.89. The molecule has 1 amide bonds. The fourth-order valence-corrected chi connectivity index (χ4v) is 2.62. The molecule has 0 bridgehead atoms. The van der Waals surface area contributed by atoms with E-state index in [2.05, 4.69) is 0 Å². The van der Waals surface area contributed by atoms with Crippen molar-refractivity contribution in [2.24, 2.45) is 11.7 Å². The van der Waals surface area contributed by atoms with Gasteiger partial charge in [0.15, 0.2) is 0 Å². The summed E-state index contributed by atoms with van der Waals surface area (Å²) in [6.07, 6.45) is 1.86. The van der Waals surface area contributed by atoms with E-state index >= 15 is 0 Å². The SMILES string of the molecule is CC(C)(C)OC(=O)N1CC[C@@H]2CC(N)CO[C@@H]2C1. The smallest absolute Gasteiger partial charge is 0.410 e. The summed E-state index contributed by atoms with van der Waals surface area (Å²) in [6, 6.07) is 0.152. The van der Waals surface area contributed by atoms with Crippen molar-refractivity contribution in [3.8, 4) is 0 Å². The molecule has 0 spiro atoms. The quantitative estimate of drug-likeness (QED) is 0.710. The summed E-state index contributed by atoms with van der Waals surface area (Å²) < 4.78 is 11.1. The third kappa shape index (κ3) is 3.36. The van der Waals surface area contributed by atoms with Crippen LogP contribution in [-0.2, 0) is 9.47 Å². The zero-order valence-electron chi connectivity index (χ0n) is 11.5. The number of ether oxygens (including phenoxy) is 2. The molecule has 0 radical (unpaired) electrons. The Kier molecular flexibility index (Phi) is 3.82. The van der Waals surface area contributed by atoms with Gasteiger partial charge in [0, 0.05) is 12.6 Å². The number of carbonyl (C=O) groups excluding carboxylic acids is 1. The van der Waals surface area contributed by atoms with Crippen molar-refractivity contribution in [2.45, 2.75) is 51.4 Å². The van der Waals surface area contributed by atoms with Crippen LogP contribution in [0.15, 0.2) is 0 Å². The van der Waals surface area contributed by atoms with E-state index in [9.17, 15) is 4.79 Å². The van der Waals surface area contributed by atoms with Crippen LogP contribution in [0.4, 0.5) is 4.79 Å². The predicted octanol–water partition coefficient (Wildman–Crippen LogP) is 1.36. The van der Waals surface area contributed by atoms with E-state index in [0.717, 1.165) is 19.4 Å². The summed E-state index contributed by atoms with van der Waals surface area (Å²) >= 11 is 0. The molecule has 3 atom stereocenters. The first-order valence-electron chi connectivity index (χ1n) is 6.70. The maximum atomic E-state index is 12.0. The van der Waals surface area contributed by atoms with Gasteiger partial charge in [0.1, 0.15) is 5.60 Å². The lowest BCUT2D eigenvalue weighted by atomic mass is 9.86. The molecule has 2 aliphatic rings. The number of carbonyl (C=O) groups is 1. The summed E-state index contributed by atoms with van der Waals surface area (Å²) in [5.41, 5.74) is 5.45. The molecule has 2 heterocycles. The van der Waals surface area contributed by atoms with Gasteiger partial charge in [-0.25, -0.2) is 4.79 Å². The standard InChI is InChI=1S/C13H24N2O3/c1-13(2,3)18-12(16)15-5-4-9-6-10(14)8-17-11(9)7-15/h9-11H,4-8,14H2,1-3H3/t9-,10?,11-/m1/s1. The number of hydrogen-bond donors (Lipinski definition) is 1. The Hall–Kier alpha value is -0.810. The molecule has 104 valence electrons. The number of nitrogens with two attached hydrogens (primary N) is 1. The lowest BCUT2D eigenvalue weighted by Crippen LogP contribution is -2.53. The molecule has 2 saturated heterocycles. The van der Waals surface area contributed by atoms with Gasteiger partial charge in [-0.05, 0) is 39.5 Å². The van der Waals surface area contributed by atoms with Crippen LogP contribution in [0, 0.1) is 5.92 Å². The number of nitrogens with zero attached hydrogens (tertiary/aromatic N) is 1. The number of rotatable bonds is 0. The number of piperidine rings is 1. The van der Waals surface area contributed by atoms with Gasteiger partial charge < -0.3 is 20.1 Å². The summed E-state index contributed by atoms with van der Waals surface area (Å²) in [5, 5.41) is 0. The fourth-order valence-electron chi connectivity index (χ4n) is 2.62. The van der Waals surface area contributed by atoms with Crippen molar-refractivity contribution < 1.29 is 14.3 Å². The fraction of sp³-hybridized carbons (Fsp3) is 0.923. The first-order chi connectivity index (χ1) is 8.35. The number of likely N-dealkylation sites (tertiary alicyclic amines) is 1. The van der Waals surface area contributed by atoms with Crippen LogP contribution in [0.3, 0.4) is 0 Å². The van der Waals surface area contributed by atoms with Crippen LogP contribution in [-0.4, -0.2) is 48.4 Å². The van der Waals surface area contributed by atoms with Gasteiger partial charge in [0.25, 0.3) is 0 Å². The van der Waals surface area contributed by atoms with E-state index in [1.54, 1.807) is 4.90 Å². The van der Waals surface area contributed by atoms with Crippen LogP contribution in [0.5, 0.6) is 0 Å². The van der Waals surface area contributed by atoms with E-state index in [0.29, 0.717) is 19.1 Å². The molecule has 1 unspecified atom stereocenters. The van der Waals surface area contributed by atoms with Crippen molar-refractivity contribution in [1.82, 2.24) is 4.90 Å². The van der Waals surface area contributed by atoms with E-state index < -0.39 is 5.60 Å². The second-order valence-electron chi connectivity index (χ2n) is 6.34. The first kappa shape index (κ1) is 13.6. The minimum Gasteiger partial charge on any atom is -0.444 e. The largest absolute Gasteiger partial charge is 0.444 e. The van der Waals surface area contributed by atoms with Crippen LogP contribution in [0.2, 0.25) is 0 Å². The average Bonchev–Trinajstić information content (AvgIpc) is 2.26. The predicted molar refractivity (Wildman–Crippen MR) is 68.2 cm³/mol. The van der Waals surface area contributed by atoms with Crippen LogP contribution in [0.1, 0.15) is 33.6 Å². The summed E-state index contributed by atoms with van der Waals surface area (Å²) in [5.74, 6) is 0.493. The third-order valence-electron chi connectivity index (χ3n) is 3.48.